The minimum absolute atomic E-state index is 0.206. The highest BCUT2D eigenvalue weighted by molar-refractivity contribution is 6.12. The first-order valence-corrected chi connectivity index (χ1v) is 7.00. The average molecular weight is 295 g/mol. The molecule has 3 heterocycles. The summed E-state index contributed by atoms with van der Waals surface area (Å²) in [5, 5.41) is 7.95. The summed E-state index contributed by atoms with van der Waals surface area (Å²) in [5.74, 6) is 0.322. The van der Waals surface area contributed by atoms with Gasteiger partial charge in [-0.3, -0.25) is 9.48 Å². The molecule has 0 bridgehead atoms. The van der Waals surface area contributed by atoms with E-state index in [1.807, 2.05) is 33.9 Å². The van der Waals surface area contributed by atoms with Gasteiger partial charge in [-0.1, -0.05) is 6.07 Å². The van der Waals surface area contributed by atoms with Gasteiger partial charge in [0.2, 0.25) is 0 Å². The van der Waals surface area contributed by atoms with Crippen LogP contribution in [-0.2, 0) is 7.05 Å². The number of pyridine rings is 2. The minimum atomic E-state index is -0.206. The quantitative estimate of drug-likeness (QED) is 0.788. The van der Waals surface area contributed by atoms with Gasteiger partial charge in [0.05, 0.1) is 16.6 Å². The Hall–Kier alpha value is -2.76. The van der Waals surface area contributed by atoms with Gasteiger partial charge in [0.25, 0.3) is 5.91 Å². The van der Waals surface area contributed by atoms with Crippen LogP contribution in [0.15, 0.2) is 24.4 Å². The van der Waals surface area contributed by atoms with Gasteiger partial charge in [-0.05, 0) is 38.5 Å². The van der Waals surface area contributed by atoms with Crippen molar-refractivity contribution in [3.63, 3.8) is 0 Å². The van der Waals surface area contributed by atoms with Crippen LogP contribution in [0.5, 0.6) is 0 Å². The van der Waals surface area contributed by atoms with Gasteiger partial charge in [0.15, 0.2) is 5.65 Å². The number of fused-ring (bicyclic) bond motifs is 1. The molecule has 1 N–H and O–H groups in total. The molecule has 22 heavy (non-hydrogen) atoms. The van der Waals surface area contributed by atoms with Crippen LogP contribution < -0.4 is 5.32 Å². The maximum absolute atomic E-state index is 12.6. The van der Waals surface area contributed by atoms with E-state index in [9.17, 15) is 4.79 Å². The van der Waals surface area contributed by atoms with E-state index in [0.29, 0.717) is 17.0 Å². The van der Waals surface area contributed by atoms with Crippen molar-refractivity contribution in [2.45, 2.75) is 20.8 Å². The normalized spacial score (nSPS) is 10.9. The monoisotopic (exact) mass is 295 g/mol. The third kappa shape index (κ3) is 2.43. The molecule has 3 aromatic rings. The first-order valence-electron chi connectivity index (χ1n) is 7.00. The zero-order valence-electron chi connectivity index (χ0n) is 13.0. The number of aromatic nitrogens is 4. The van der Waals surface area contributed by atoms with Crippen molar-refractivity contribution in [3.8, 4) is 0 Å². The summed E-state index contributed by atoms with van der Waals surface area (Å²) in [7, 11) is 1.82. The Morgan fingerprint density at radius 3 is 2.68 bits per heavy atom. The van der Waals surface area contributed by atoms with Crippen LogP contribution >= 0.6 is 0 Å². The molecule has 0 aliphatic heterocycles. The summed E-state index contributed by atoms with van der Waals surface area (Å²) in [6, 6.07) is 5.47. The highest BCUT2D eigenvalue weighted by Crippen LogP contribution is 2.22. The van der Waals surface area contributed by atoms with Crippen molar-refractivity contribution >= 4 is 22.8 Å². The minimum Gasteiger partial charge on any atom is -0.307 e. The lowest BCUT2D eigenvalue weighted by atomic mass is 10.1. The number of hydrogen-bond acceptors (Lipinski definition) is 4. The van der Waals surface area contributed by atoms with Crippen molar-refractivity contribution in [2.75, 3.05) is 5.32 Å². The van der Waals surface area contributed by atoms with Gasteiger partial charge in [0, 0.05) is 18.9 Å². The molecule has 0 fully saturated rings. The Morgan fingerprint density at radius 2 is 2.00 bits per heavy atom. The molecule has 0 atom stereocenters. The smallest absolute Gasteiger partial charge is 0.257 e. The number of amides is 1. The number of carbonyl (C=O) groups is 1. The molecule has 0 spiro atoms. The Morgan fingerprint density at radius 1 is 1.23 bits per heavy atom. The number of anilines is 1. The van der Waals surface area contributed by atoms with Crippen LogP contribution in [0, 0.1) is 20.8 Å². The van der Waals surface area contributed by atoms with Crippen molar-refractivity contribution in [3.05, 3.63) is 46.9 Å². The molecule has 6 nitrogen and oxygen atoms in total. The molecule has 0 aliphatic rings. The fraction of sp³-hybridized carbons (Fsp3) is 0.250. The number of rotatable bonds is 2. The molecule has 0 saturated carbocycles. The van der Waals surface area contributed by atoms with Gasteiger partial charge in [-0.25, -0.2) is 9.97 Å². The van der Waals surface area contributed by atoms with Gasteiger partial charge in [-0.15, -0.1) is 0 Å². The largest absolute Gasteiger partial charge is 0.307 e. The average Bonchev–Trinajstić information content (AvgIpc) is 2.75. The molecule has 3 rings (SSSR count). The Balaban J connectivity index is 2.05. The van der Waals surface area contributed by atoms with E-state index in [4.69, 9.17) is 0 Å². The zero-order valence-corrected chi connectivity index (χ0v) is 13.0. The van der Waals surface area contributed by atoms with E-state index in [2.05, 4.69) is 20.4 Å². The Bertz CT molecular complexity index is 864. The SMILES string of the molecule is Cc1ccc(NC(=O)c2cc(C)nc3c2c(C)nn3C)nc1. The molecule has 1 amide bonds. The van der Waals surface area contributed by atoms with Crippen molar-refractivity contribution < 1.29 is 4.79 Å². The highest BCUT2D eigenvalue weighted by Gasteiger charge is 2.18. The van der Waals surface area contributed by atoms with Gasteiger partial charge < -0.3 is 5.32 Å². The lowest BCUT2D eigenvalue weighted by Crippen LogP contribution is -2.14. The molecular weight excluding hydrogens is 278 g/mol. The number of nitrogens with zero attached hydrogens (tertiary/aromatic N) is 4. The van der Waals surface area contributed by atoms with Crippen molar-refractivity contribution in [1.82, 2.24) is 19.7 Å². The first kappa shape index (κ1) is 14.2. The maximum atomic E-state index is 12.6. The van der Waals surface area contributed by atoms with E-state index in [-0.39, 0.29) is 5.91 Å². The van der Waals surface area contributed by atoms with Crippen LogP contribution in [0.2, 0.25) is 0 Å². The lowest BCUT2D eigenvalue weighted by molar-refractivity contribution is 0.102. The van der Waals surface area contributed by atoms with E-state index < -0.39 is 0 Å². The molecule has 112 valence electrons. The number of nitrogens with one attached hydrogen (secondary N) is 1. The van der Waals surface area contributed by atoms with Crippen molar-refractivity contribution in [1.29, 1.82) is 0 Å². The molecule has 0 aromatic carbocycles. The van der Waals surface area contributed by atoms with Gasteiger partial charge >= 0.3 is 0 Å². The second-order valence-corrected chi connectivity index (χ2v) is 5.39. The van der Waals surface area contributed by atoms with Crippen molar-refractivity contribution in [2.24, 2.45) is 7.05 Å². The highest BCUT2D eigenvalue weighted by atomic mass is 16.1. The third-order valence-corrected chi connectivity index (χ3v) is 3.49. The predicted octanol–water partition coefficient (Wildman–Crippen LogP) is 2.54. The van der Waals surface area contributed by atoms with E-state index in [0.717, 1.165) is 22.3 Å². The fourth-order valence-corrected chi connectivity index (χ4v) is 2.47. The number of carbonyl (C=O) groups excluding carboxylic acids is 1. The molecule has 0 saturated heterocycles. The number of hydrogen-bond donors (Lipinski definition) is 1. The first-order chi connectivity index (χ1) is 10.5. The molecule has 0 aliphatic carbocycles. The molecule has 0 unspecified atom stereocenters. The van der Waals surface area contributed by atoms with Crippen LogP contribution in [-0.4, -0.2) is 25.7 Å². The summed E-state index contributed by atoms with van der Waals surface area (Å²) in [6.07, 6.45) is 1.72. The van der Waals surface area contributed by atoms with Gasteiger partial charge in [0.1, 0.15) is 5.82 Å². The second-order valence-electron chi connectivity index (χ2n) is 5.39. The zero-order chi connectivity index (χ0) is 15.9. The van der Waals surface area contributed by atoms with Gasteiger partial charge in [-0.2, -0.15) is 5.10 Å². The molecular formula is C16H17N5O. The fourth-order valence-electron chi connectivity index (χ4n) is 2.47. The van der Waals surface area contributed by atoms with Crippen LogP contribution in [0.4, 0.5) is 5.82 Å². The lowest BCUT2D eigenvalue weighted by Gasteiger charge is -2.07. The predicted molar refractivity (Wildman–Crippen MR) is 84.9 cm³/mol. The number of aryl methyl sites for hydroxylation is 4. The molecule has 0 radical (unpaired) electrons. The third-order valence-electron chi connectivity index (χ3n) is 3.49. The second kappa shape index (κ2) is 5.22. The Labute approximate surface area is 128 Å². The maximum Gasteiger partial charge on any atom is 0.257 e. The van der Waals surface area contributed by atoms with E-state index in [1.165, 1.54) is 0 Å². The van der Waals surface area contributed by atoms with Crippen LogP contribution in [0.3, 0.4) is 0 Å². The summed E-state index contributed by atoms with van der Waals surface area (Å²) >= 11 is 0. The molecule has 6 heteroatoms. The summed E-state index contributed by atoms with van der Waals surface area (Å²) in [5.41, 5.74) is 3.88. The summed E-state index contributed by atoms with van der Waals surface area (Å²) in [6.45, 7) is 5.69. The standard InChI is InChI=1S/C16H17N5O/c1-9-5-6-13(17-8-9)19-16(22)12-7-10(2)18-15-14(12)11(3)20-21(15)4/h5-8H,1-4H3,(H,17,19,22). The summed E-state index contributed by atoms with van der Waals surface area (Å²) in [4.78, 5) is 21.3. The Kier molecular flexibility index (Phi) is 3.36. The summed E-state index contributed by atoms with van der Waals surface area (Å²) < 4.78 is 1.69. The van der Waals surface area contributed by atoms with Crippen LogP contribution in [0.1, 0.15) is 27.3 Å². The topological polar surface area (TPSA) is 72.7 Å². The van der Waals surface area contributed by atoms with E-state index in [1.54, 1.807) is 23.0 Å². The van der Waals surface area contributed by atoms with Crippen LogP contribution in [0.25, 0.3) is 11.0 Å². The van der Waals surface area contributed by atoms with E-state index >= 15 is 0 Å². The molecule has 3 aromatic heterocycles.